The van der Waals surface area contributed by atoms with E-state index in [1.54, 1.807) is 0 Å². The molecule has 4 heteroatoms. The zero-order valence-electron chi connectivity index (χ0n) is 11.0. The number of nitrogens with one attached hydrogen (secondary N) is 2. The maximum Gasteiger partial charge on any atom is 0.227 e. The molecule has 3 aromatic rings. The average Bonchev–Trinajstić information content (AvgIpc) is 2.88. The molecule has 0 atom stereocenters. The minimum Gasteiger partial charge on any atom is -0.324 e. The Balaban J connectivity index is 1.61. The third kappa shape index (κ3) is 2.85. The average molecular weight is 265 g/mol. The van der Waals surface area contributed by atoms with Crippen molar-refractivity contribution in [3.63, 3.8) is 0 Å². The van der Waals surface area contributed by atoms with Gasteiger partial charge in [-0.05, 0) is 24.1 Å². The van der Waals surface area contributed by atoms with Crippen LogP contribution in [0.4, 0.5) is 5.95 Å². The van der Waals surface area contributed by atoms with Gasteiger partial charge in [-0.2, -0.15) is 0 Å². The lowest BCUT2D eigenvalue weighted by molar-refractivity contribution is -0.116. The molecule has 1 amide bonds. The van der Waals surface area contributed by atoms with Gasteiger partial charge in [0.2, 0.25) is 11.9 Å². The zero-order chi connectivity index (χ0) is 13.8. The maximum atomic E-state index is 11.9. The zero-order valence-corrected chi connectivity index (χ0v) is 11.0. The molecule has 0 saturated carbocycles. The third-order valence-corrected chi connectivity index (χ3v) is 3.13. The lowest BCUT2D eigenvalue weighted by Crippen LogP contribution is -2.13. The van der Waals surface area contributed by atoms with Crippen LogP contribution in [0.1, 0.15) is 12.0 Å². The molecule has 0 unspecified atom stereocenters. The van der Waals surface area contributed by atoms with Crippen LogP contribution in [-0.2, 0) is 11.2 Å². The van der Waals surface area contributed by atoms with Gasteiger partial charge in [0.15, 0.2) is 0 Å². The summed E-state index contributed by atoms with van der Waals surface area (Å²) < 4.78 is 0. The molecular formula is C16H15N3O. The quantitative estimate of drug-likeness (QED) is 0.761. The normalized spacial score (nSPS) is 10.6. The van der Waals surface area contributed by atoms with E-state index >= 15 is 0 Å². The largest absolute Gasteiger partial charge is 0.324 e. The van der Waals surface area contributed by atoms with Crippen molar-refractivity contribution in [3.8, 4) is 0 Å². The summed E-state index contributed by atoms with van der Waals surface area (Å²) in [7, 11) is 0. The van der Waals surface area contributed by atoms with Crippen LogP contribution in [0.25, 0.3) is 11.0 Å². The van der Waals surface area contributed by atoms with Gasteiger partial charge in [-0.25, -0.2) is 4.98 Å². The van der Waals surface area contributed by atoms with Gasteiger partial charge in [-0.3, -0.25) is 10.1 Å². The van der Waals surface area contributed by atoms with Crippen molar-refractivity contribution in [2.75, 3.05) is 5.32 Å². The molecule has 4 nitrogen and oxygen atoms in total. The van der Waals surface area contributed by atoms with Gasteiger partial charge >= 0.3 is 0 Å². The molecule has 0 fully saturated rings. The topological polar surface area (TPSA) is 57.8 Å². The van der Waals surface area contributed by atoms with Crippen molar-refractivity contribution in [2.45, 2.75) is 12.8 Å². The fraction of sp³-hybridized carbons (Fsp3) is 0.125. The lowest BCUT2D eigenvalue weighted by atomic mass is 10.1. The number of aromatic amines is 1. The second kappa shape index (κ2) is 5.57. The molecule has 0 saturated heterocycles. The SMILES string of the molecule is O=C(CCc1ccccc1)Nc1nc2ccccc2[nH]1. The second-order valence-corrected chi connectivity index (χ2v) is 4.64. The number of anilines is 1. The molecule has 0 spiro atoms. The first-order valence-corrected chi connectivity index (χ1v) is 6.60. The van der Waals surface area contributed by atoms with E-state index in [9.17, 15) is 4.79 Å². The number of carbonyl (C=O) groups excluding carboxylic acids is 1. The van der Waals surface area contributed by atoms with E-state index in [2.05, 4.69) is 15.3 Å². The number of amides is 1. The number of H-pyrrole nitrogens is 1. The Labute approximate surface area is 116 Å². The van der Waals surface area contributed by atoms with Gasteiger partial charge < -0.3 is 4.98 Å². The van der Waals surface area contributed by atoms with Crippen molar-refractivity contribution < 1.29 is 4.79 Å². The summed E-state index contributed by atoms with van der Waals surface area (Å²) in [6.45, 7) is 0. The predicted molar refractivity (Wildman–Crippen MR) is 79.5 cm³/mol. The summed E-state index contributed by atoms with van der Waals surface area (Å²) in [5.74, 6) is 0.470. The first kappa shape index (κ1) is 12.4. The Morgan fingerprint density at radius 2 is 1.80 bits per heavy atom. The van der Waals surface area contributed by atoms with Crippen molar-refractivity contribution in [3.05, 3.63) is 60.2 Å². The van der Waals surface area contributed by atoms with Crippen LogP contribution in [-0.4, -0.2) is 15.9 Å². The Kier molecular flexibility index (Phi) is 3.46. The van der Waals surface area contributed by atoms with Crippen LogP contribution in [0.3, 0.4) is 0 Å². The lowest BCUT2D eigenvalue weighted by Gasteiger charge is -2.02. The van der Waals surface area contributed by atoms with Gasteiger partial charge in [0, 0.05) is 6.42 Å². The number of rotatable bonds is 4. The highest BCUT2D eigenvalue weighted by atomic mass is 16.1. The molecule has 20 heavy (non-hydrogen) atoms. The highest BCUT2D eigenvalue weighted by Crippen LogP contribution is 2.13. The summed E-state index contributed by atoms with van der Waals surface area (Å²) in [6.07, 6.45) is 1.17. The minimum absolute atomic E-state index is 0.0343. The van der Waals surface area contributed by atoms with E-state index in [0.29, 0.717) is 12.4 Å². The number of benzene rings is 2. The van der Waals surface area contributed by atoms with Gasteiger partial charge in [-0.15, -0.1) is 0 Å². The summed E-state index contributed by atoms with van der Waals surface area (Å²) >= 11 is 0. The highest BCUT2D eigenvalue weighted by Gasteiger charge is 2.06. The standard InChI is InChI=1S/C16H15N3O/c20-15(11-10-12-6-2-1-3-7-12)19-16-17-13-8-4-5-9-14(13)18-16/h1-9H,10-11H2,(H2,17,18,19,20). The number of aromatic nitrogens is 2. The monoisotopic (exact) mass is 265 g/mol. The summed E-state index contributed by atoms with van der Waals surface area (Å²) in [5, 5.41) is 2.80. The molecule has 0 aliphatic rings. The molecule has 0 aliphatic heterocycles. The van der Waals surface area contributed by atoms with Crippen molar-refractivity contribution in [1.29, 1.82) is 0 Å². The predicted octanol–water partition coefficient (Wildman–Crippen LogP) is 3.13. The summed E-state index contributed by atoms with van der Waals surface area (Å²) in [4.78, 5) is 19.3. The van der Waals surface area contributed by atoms with Crippen molar-refractivity contribution >= 4 is 22.9 Å². The van der Waals surface area contributed by atoms with Gasteiger partial charge in [0.25, 0.3) is 0 Å². The van der Waals surface area contributed by atoms with Crippen LogP contribution in [0.2, 0.25) is 0 Å². The molecule has 1 heterocycles. The second-order valence-electron chi connectivity index (χ2n) is 4.64. The molecule has 2 N–H and O–H groups in total. The van der Waals surface area contributed by atoms with Gasteiger partial charge in [0.1, 0.15) is 0 Å². The van der Waals surface area contributed by atoms with Crippen LogP contribution >= 0.6 is 0 Å². The summed E-state index contributed by atoms with van der Waals surface area (Å²) in [6, 6.07) is 17.7. The number of fused-ring (bicyclic) bond motifs is 1. The number of para-hydroxylation sites is 2. The Hall–Kier alpha value is -2.62. The fourth-order valence-electron chi connectivity index (χ4n) is 2.11. The smallest absolute Gasteiger partial charge is 0.227 e. The van der Waals surface area contributed by atoms with Crippen LogP contribution in [0.15, 0.2) is 54.6 Å². The molecule has 100 valence electrons. The Morgan fingerprint density at radius 1 is 1.05 bits per heavy atom. The molecule has 2 aromatic carbocycles. The molecule has 3 rings (SSSR count). The van der Waals surface area contributed by atoms with Crippen LogP contribution in [0.5, 0.6) is 0 Å². The van der Waals surface area contributed by atoms with E-state index in [4.69, 9.17) is 0 Å². The first-order chi connectivity index (χ1) is 9.81. The van der Waals surface area contributed by atoms with E-state index in [0.717, 1.165) is 23.0 Å². The number of nitrogens with zero attached hydrogens (tertiary/aromatic N) is 1. The van der Waals surface area contributed by atoms with E-state index in [-0.39, 0.29) is 5.91 Å². The number of carbonyl (C=O) groups is 1. The Bertz CT molecular complexity index is 686. The first-order valence-electron chi connectivity index (χ1n) is 6.60. The minimum atomic E-state index is -0.0343. The number of imidazole rings is 1. The van der Waals surface area contributed by atoms with Crippen molar-refractivity contribution in [2.24, 2.45) is 0 Å². The van der Waals surface area contributed by atoms with E-state index in [1.807, 2.05) is 54.6 Å². The molecule has 0 radical (unpaired) electrons. The number of hydrogen-bond acceptors (Lipinski definition) is 2. The molecule has 0 bridgehead atoms. The fourth-order valence-corrected chi connectivity index (χ4v) is 2.11. The van der Waals surface area contributed by atoms with Crippen LogP contribution in [0, 0.1) is 0 Å². The molecule has 0 aliphatic carbocycles. The molecular weight excluding hydrogens is 250 g/mol. The summed E-state index contributed by atoms with van der Waals surface area (Å²) in [5.41, 5.74) is 2.93. The Morgan fingerprint density at radius 3 is 2.60 bits per heavy atom. The van der Waals surface area contributed by atoms with E-state index < -0.39 is 0 Å². The third-order valence-electron chi connectivity index (χ3n) is 3.13. The molecule has 1 aromatic heterocycles. The van der Waals surface area contributed by atoms with Crippen LogP contribution < -0.4 is 5.32 Å². The van der Waals surface area contributed by atoms with Gasteiger partial charge in [0.05, 0.1) is 11.0 Å². The van der Waals surface area contributed by atoms with Gasteiger partial charge in [-0.1, -0.05) is 42.5 Å². The highest BCUT2D eigenvalue weighted by molar-refractivity contribution is 5.91. The van der Waals surface area contributed by atoms with Crippen molar-refractivity contribution in [1.82, 2.24) is 9.97 Å². The van der Waals surface area contributed by atoms with E-state index in [1.165, 1.54) is 0 Å². The number of aryl methyl sites for hydroxylation is 1. The number of hydrogen-bond donors (Lipinski definition) is 2. The maximum absolute atomic E-state index is 11.9.